The summed E-state index contributed by atoms with van der Waals surface area (Å²) in [6.07, 6.45) is 6.40. The number of imidazole rings is 1. The average molecular weight is 579 g/mol. The number of alkyl halides is 4. The molecule has 2 saturated carbocycles. The summed E-state index contributed by atoms with van der Waals surface area (Å²) in [7, 11) is 0. The first kappa shape index (κ1) is 28.8. The minimum Gasteiger partial charge on any atom is -0.364 e. The lowest BCUT2D eigenvalue weighted by molar-refractivity contribution is -0.0457. The van der Waals surface area contributed by atoms with E-state index in [2.05, 4.69) is 20.5 Å². The SMILES string of the molecule is CC(C)n1nccc1C(N)=O.O=C1NCC2C(CN1Cc1cnn3cc(CC4CCC(F)(F)CC4)nc3c1)C2(F)F. The van der Waals surface area contributed by atoms with E-state index in [1.54, 1.807) is 39.9 Å². The number of nitrogens with two attached hydrogens (primary N) is 1. The number of carbonyl (C=O) groups is 2. The van der Waals surface area contributed by atoms with E-state index in [0.29, 0.717) is 36.2 Å². The van der Waals surface area contributed by atoms with Crippen LogP contribution in [-0.4, -0.2) is 66.2 Å². The van der Waals surface area contributed by atoms with Gasteiger partial charge in [-0.3, -0.25) is 9.48 Å². The maximum Gasteiger partial charge on any atom is 0.317 e. The predicted octanol–water partition coefficient (Wildman–Crippen LogP) is 4.07. The summed E-state index contributed by atoms with van der Waals surface area (Å²) in [6.45, 7) is 4.08. The van der Waals surface area contributed by atoms with Gasteiger partial charge in [0.05, 0.1) is 29.9 Å². The van der Waals surface area contributed by atoms with Gasteiger partial charge >= 0.3 is 6.03 Å². The summed E-state index contributed by atoms with van der Waals surface area (Å²) >= 11 is 0. The van der Waals surface area contributed by atoms with Gasteiger partial charge in [0.1, 0.15) is 5.69 Å². The first-order valence-electron chi connectivity index (χ1n) is 13.8. The zero-order valence-electron chi connectivity index (χ0n) is 22.9. The Morgan fingerprint density at radius 1 is 1.17 bits per heavy atom. The molecule has 2 aliphatic carbocycles. The Kier molecular flexibility index (Phi) is 7.68. The van der Waals surface area contributed by atoms with Crippen molar-refractivity contribution in [1.29, 1.82) is 0 Å². The van der Waals surface area contributed by atoms with Crippen LogP contribution in [0.3, 0.4) is 0 Å². The van der Waals surface area contributed by atoms with E-state index in [0.717, 1.165) is 5.69 Å². The third kappa shape index (κ3) is 6.30. The fourth-order valence-electron chi connectivity index (χ4n) is 5.64. The molecule has 1 saturated heterocycles. The number of urea groups is 1. The predicted molar refractivity (Wildman–Crippen MR) is 140 cm³/mol. The zero-order chi connectivity index (χ0) is 29.5. The van der Waals surface area contributed by atoms with Crippen molar-refractivity contribution in [2.24, 2.45) is 23.5 Å². The van der Waals surface area contributed by atoms with Crippen LogP contribution in [0.4, 0.5) is 22.4 Å². The summed E-state index contributed by atoms with van der Waals surface area (Å²) < 4.78 is 57.3. The van der Waals surface area contributed by atoms with Gasteiger partial charge in [0.2, 0.25) is 5.92 Å². The number of halogens is 4. The second kappa shape index (κ2) is 10.9. The van der Waals surface area contributed by atoms with Gasteiger partial charge in [0, 0.05) is 44.7 Å². The van der Waals surface area contributed by atoms with Crippen molar-refractivity contribution in [3.63, 3.8) is 0 Å². The van der Waals surface area contributed by atoms with Crippen LogP contribution >= 0.6 is 0 Å². The summed E-state index contributed by atoms with van der Waals surface area (Å²) in [6, 6.07) is 3.22. The number of nitrogens with zero attached hydrogens (tertiary/aromatic N) is 6. The Morgan fingerprint density at radius 3 is 2.56 bits per heavy atom. The number of carbonyl (C=O) groups excluding carboxylic acids is 2. The summed E-state index contributed by atoms with van der Waals surface area (Å²) in [5.41, 5.74) is 7.64. The van der Waals surface area contributed by atoms with Crippen LogP contribution in [0.5, 0.6) is 0 Å². The third-order valence-corrected chi connectivity index (χ3v) is 8.09. The van der Waals surface area contributed by atoms with Crippen LogP contribution in [-0.2, 0) is 13.0 Å². The molecule has 3 fully saturated rings. The van der Waals surface area contributed by atoms with E-state index in [1.807, 2.05) is 13.8 Å². The fraction of sp³-hybridized carbons (Fsp3) is 0.593. The van der Waals surface area contributed by atoms with Crippen LogP contribution in [0.15, 0.2) is 30.7 Å². The highest BCUT2D eigenvalue weighted by Crippen LogP contribution is 2.55. The van der Waals surface area contributed by atoms with E-state index in [-0.39, 0.29) is 50.5 Å². The first-order chi connectivity index (χ1) is 19.3. The fourth-order valence-corrected chi connectivity index (χ4v) is 5.64. The summed E-state index contributed by atoms with van der Waals surface area (Å²) in [5, 5.41) is 10.8. The van der Waals surface area contributed by atoms with Crippen molar-refractivity contribution in [1.82, 2.24) is 34.6 Å². The van der Waals surface area contributed by atoms with Gasteiger partial charge in [-0.15, -0.1) is 0 Å². The van der Waals surface area contributed by atoms with Crippen molar-refractivity contribution in [2.75, 3.05) is 13.1 Å². The zero-order valence-corrected chi connectivity index (χ0v) is 22.9. The number of hydrogen-bond acceptors (Lipinski definition) is 5. The maximum absolute atomic E-state index is 13.7. The highest BCUT2D eigenvalue weighted by atomic mass is 19.3. The average Bonchev–Trinajstić information content (AvgIpc) is 3.27. The van der Waals surface area contributed by atoms with Gasteiger partial charge in [-0.1, -0.05) is 0 Å². The lowest BCUT2D eigenvalue weighted by atomic mass is 9.84. The molecule has 2 atom stereocenters. The molecule has 0 bridgehead atoms. The van der Waals surface area contributed by atoms with Crippen LogP contribution < -0.4 is 11.1 Å². The van der Waals surface area contributed by atoms with Gasteiger partial charge in [-0.25, -0.2) is 31.9 Å². The van der Waals surface area contributed by atoms with E-state index in [9.17, 15) is 27.2 Å². The van der Waals surface area contributed by atoms with E-state index >= 15 is 0 Å². The van der Waals surface area contributed by atoms with Crippen molar-refractivity contribution in [3.05, 3.63) is 47.7 Å². The van der Waals surface area contributed by atoms with Crippen LogP contribution in [0.25, 0.3) is 5.65 Å². The Labute approximate surface area is 234 Å². The number of hydrogen-bond donors (Lipinski definition) is 2. The lowest BCUT2D eigenvalue weighted by Gasteiger charge is -2.27. The Hall–Kier alpha value is -3.71. The molecule has 0 aromatic carbocycles. The smallest absolute Gasteiger partial charge is 0.317 e. The second-order valence-corrected chi connectivity index (χ2v) is 11.5. The molecule has 3 aromatic heterocycles. The van der Waals surface area contributed by atoms with Crippen molar-refractivity contribution >= 4 is 17.6 Å². The van der Waals surface area contributed by atoms with Gasteiger partial charge in [0.25, 0.3) is 11.8 Å². The normalized spacial score (nSPS) is 23.4. The summed E-state index contributed by atoms with van der Waals surface area (Å²) in [4.78, 5) is 28.9. The number of rotatable bonds is 6. The van der Waals surface area contributed by atoms with Crippen LogP contribution in [0.1, 0.15) is 67.3 Å². The molecule has 0 spiro atoms. The molecule has 3 aliphatic rings. The molecule has 2 unspecified atom stereocenters. The first-order valence-corrected chi connectivity index (χ1v) is 13.8. The molecular weight excluding hydrogens is 544 g/mol. The van der Waals surface area contributed by atoms with Crippen LogP contribution in [0.2, 0.25) is 0 Å². The van der Waals surface area contributed by atoms with Gasteiger partial charge in [-0.05, 0) is 56.7 Å². The Bertz CT molecular complexity index is 1410. The van der Waals surface area contributed by atoms with Crippen molar-refractivity contribution in [3.8, 4) is 0 Å². The van der Waals surface area contributed by atoms with Crippen molar-refractivity contribution < 1.29 is 27.2 Å². The molecule has 6 rings (SSSR count). The van der Waals surface area contributed by atoms with E-state index < -0.39 is 29.6 Å². The van der Waals surface area contributed by atoms with E-state index in [4.69, 9.17) is 5.73 Å². The van der Waals surface area contributed by atoms with Gasteiger partial charge in [0.15, 0.2) is 5.65 Å². The minimum atomic E-state index is -2.71. The molecule has 0 radical (unpaired) electrons. The standard InChI is InChI=1S/C20H23F4N5O.C7H11N3O/c21-19(22)3-1-12(2-4-19)5-14-10-29-17(27-14)6-13(7-26-29)9-28-11-16-15(20(16,23)24)8-25-18(28)30;1-5(2)10-6(7(8)11)3-4-9-10/h6-7,10,12,15-16H,1-5,8-9,11H2,(H,25,30);3-5H,1-2H3,(H2,8,11). The number of amides is 3. The van der Waals surface area contributed by atoms with Crippen LogP contribution in [0, 0.1) is 17.8 Å². The molecule has 41 heavy (non-hydrogen) atoms. The highest BCUT2D eigenvalue weighted by Gasteiger charge is 2.69. The number of primary amides is 1. The second-order valence-electron chi connectivity index (χ2n) is 11.5. The molecule has 14 heteroatoms. The number of aromatic nitrogens is 5. The summed E-state index contributed by atoms with van der Waals surface area (Å²) in [5.74, 6) is -7.08. The topological polar surface area (TPSA) is 123 Å². The highest BCUT2D eigenvalue weighted by molar-refractivity contribution is 5.90. The lowest BCUT2D eigenvalue weighted by Crippen LogP contribution is -2.40. The molecular formula is C27H34F4N8O2. The number of nitrogens with one attached hydrogen (secondary N) is 1. The monoisotopic (exact) mass is 578 g/mol. The van der Waals surface area contributed by atoms with Crippen molar-refractivity contribution in [2.45, 2.75) is 70.4 Å². The largest absolute Gasteiger partial charge is 0.364 e. The quantitative estimate of drug-likeness (QED) is 0.427. The molecule has 222 valence electrons. The molecule has 10 nitrogen and oxygen atoms in total. The molecule has 4 heterocycles. The van der Waals surface area contributed by atoms with E-state index in [1.165, 1.54) is 4.90 Å². The van der Waals surface area contributed by atoms with Gasteiger partial charge in [-0.2, -0.15) is 10.2 Å². The number of fused-ring (bicyclic) bond motifs is 2. The Morgan fingerprint density at radius 2 is 1.90 bits per heavy atom. The molecule has 3 N–H and O–H groups in total. The molecule has 1 aliphatic heterocycles. The molecule has 3 amide bonds. The maximum atomic E-state index is 13.7. The third-order valence-electron chi connectivity index (χ3n) is 8.09. The van der Waals surface area contributed by atoms with Gasteiger partial charge < -0.3 is 16.0 Å². The Balaban J connectivity index is 0.000000259. The minimum absolute atomic E-state index is 0.000994. The molecule has 3 aromatic rings.